The van der Waals surface area contributed by atoms with Crippen LogP contribution in [0.2, 0.25) is 0 Å². The van der Waals surface area contributed by atoms with Gasteiger partial charge in [0.15, 0.2) is 6.10 Å². The van der Waals surface area contributed by atoms with Crippen molar-refractivity contribution in [3.63, 3.8) is 0 Å². The monoisotopic (exact) mass is 301 g/mol. The van der Waals surface area contributed by atoms with Crippen LogP contribution >= 0.6 is 0 Å². The number of carbonyl (C=O) groups excluding carboxylic acids is 2. The Hall–Kier alpha value is -2.14. The molecule has 0 radical (unpaired) electrons. The Bertz CT molecular complexity index is 602. The van der Waals surface area contributed by atoms with Crippen molar-refractivity contribution >= 4 is 11.8 Å². The van der Waals surface area contributed by atoms with Crippen LogP contribution in [0.1, 0.15) is 24.8 Å². The predicted molar refractivity (Wildman–Crippen MR) is 80.3 cm³/mol. The van der Waals surface area contributed by atoms with Gasteiger partial charge in [-0.3, -0.25) is 4.79 Å². The van der Waals surface area contributed by atoms with Crippen LogP contribution in [0.25, 0.3) is 0 Å². The molecular formula is C17H19NO4. The maximum atomic E-state index is 12.3. The molecule has 116 valence electrons. The second-order valence-electron chi connectivity index (χ2n) is 5.69. The average Bonchev–Trinajstić information content (AvgIpc) is 3.15. The summed E-state index contributed by atoms with van der Waals surface area (Å²) in [6, 6.07) is 9.43. The SMILES string of the molecule is O=C1O[C@@H](CCc2ccccc2)C(=O)C1=C(O)C1CCCN1. The van der Waals surface area contributed by atoms with E-state index < -0.39 is 17.9 Å². The maximum absolute atomic E-state index is 12.3. The fraction of sp³-hybridized carbons (Fsp3) is 0.412. The molecule has 1 unspecified atom stereocenters. The maximum Gasteiger partial charge on any atom is 0.346 e. The summed E-state index contributed by atoms with van der Waals surface area (Å²) in [5.74, 6) is -1.25. The lowest BCUT2D eigenvalue weighted by atomic mass is 10.00. The minimum absolute atomic E-state index is 0.158. The summed E-state index contributed by atoms with van der Waals surface area (Å²) in [5, 5.41) is 13.3. The second kappa shape index (κ2) is 6.32. The molecule has 2 aliphatic heterocycles. The first-order valence-corrected chi connectivity index (χ1v) is 7.62. The predicted octanol–water partition coefficient (Wildman–Crippen LogP) is 1.68. The second-order valence-corrected chi connectivity index (χ2v) is 5.69. The number of rotatable bonds is 4. The van der Waals surface area contributed by atoms with Gasteiger partial charge in [-0.1, -0.05) is 30.3 Å². The smallest absolute Gasteiger partial charge is 0.346 e. The number of Topliss-reactive ketones (excluding diaryl/α,β-unsaturated/α-hetero) is 1. The van der Waals surface area contributed by atoms with E-state index in [1.807, 2.05) is 30.3 Å². The Labute approximate surface area is 129 Å². The number of esters is 1. The molecule has 22 heavy (non-hydrogen) atoms. The lowest BCUT2D eigenvalue weighted by molar-refractivity contribution is -0.141. The van der Waals surface area contributed by atoms with Gasteiger partial charge < -0.3 is 15.2 Å². The summed E-state index contributed by atoms with van der Waals surface area (Å²) in [7, 11) is 0. The molecule has 1 aromatic carbocycles. The zero-order chi connectivity index (χ0) is 15.5. The van der Waals surface area contributed by atoms with Crippen LogP contribution < -0.4 is 5.32 Å². The van der Waals surface area contributed by atoms with Gasteiger partial charge >= 0.3 is 5.97 Å². The normalized spacial score (nSPS) is 27.1. The molecule has 3 rings (SSSR count). The van der Waals surface area contributed by atoms with Crippen LogP contribution in [-0.2, 0) is 20.7 Å². The van der Waals surface area contributed by atoms with Gasteiger partial charge in [-0.05, 0) is 37.8 Å². The Kier molecular flexibility index (Phi) is 4.24. The number of carbonyl (C=O) groups is 2. The van der Waals surface area contributed by atoms with Gasteiger partial charge in [0.2, 0.25) is 5.78 Å². The summed E-state index contributed by atoms with van der Waals surface area (Å²) in [4.78, 5) is 24.3. The van der Waals surface area contributed by atoms with Crippen LogP contribution in [0.15, 0.2) is 41.7 Å². The molecular weight excluding hydrogens is 282 g/mol. The molecule has 0 amide bonds. The summed E-state index contributed by atoms with van der Waals surface area (Å²) >= 11 is 0. The summed E-state index contributed by atoms with van der Waals surface area (Å²) in [5.41, 5.74) is 0.919. The number of aliphatic hydroxyl groups excluding tert-OH is 1. The summed E-state index contributed by atoms with van der Waals surface area (Å²) in [6.45, 7) is 0.780. The third-order valence-corrected chi connectivity index (χ3v) is 4.18. The van der Waals surface area contributed by atoms with E-state index in [2.05, 4.69) is 5.32 Å². The standard InChI is InChI=1S/C17H19NO4/c19-15(12-7-4-10-18-12)14-16(20)13(22-17(14)21)9-8-11-5-2-1-3-6-11/h1-3,5-6,12-13,18-19H,4,7-10H2/t12?,13-/m0/s1. The van der Waals surface area contributed by atoms with E-state index in [0.717, 1.165) is 24.9 Å². The molecule has 5 nitrogen and oxygen atoms in total. The number of benzene rings is 1. The third-order valence-electron chi connectivity index (χ3n) is 4.18. The number of hydrogen-bond acceptors (Lipinski definition) is 5. The fourth-order valence-electron chi connectivity index (χ4n) is 2.96. The highest BCUT2D eigenvalue weighted by atomic mass is 16.6. The quantitative estimate of drug-likeness (QED) is 0.383. The van der Waals surface area contributed by atoms with E-state index in [9.17, 15) is 14.7 Å². The van der Waals surface area contributed by atoms with E-state index in [-0.39, 0.29) is 17.4 Å². The van der Waals surface area contributed by atoms with Crippen molar-refractivity contribution in [1.82, 2.24) is 5.32 Å². The molecule has 0 aliphatic carbocycles. The van der Waals surface area contributed by atoms with Gasteiger partial charge in [-0.2, -0.15) is 0 Å². The number of ketones is 1. The highest BCUT2D eigenvalue weighted by molar-refractivity contribution is 6.23. The molecule has 2 fully saturated rings. The van der Waals surface area contributed by atoms with Crippen molar-refractivity contribution in [2.45, 2.75) is 37.8 Å². The van der Waals surface area contributed by atoms with Gasteiger partial charge in [0.1, 0.15) is 11.3 Å². The highest BCUT2D eigenvalue weighted by Crippen LogP contribution is 2.26. The van der Waals surface area contributed by atoms with Crippen LogP contribution in [0, 0.1) is 0 Å². The van der Waals surface area contributed by atoms with Crippen LogP contribution in [0.4, 0.5) is 0 Å². The van der Waals surface area contributed by atoms with Crippen molar-refractivity contribution in [2.75, 3.05) is 6.54 Å². The topological polar surface area (TPSA) is 75.6 Å². The van der Waals surface area contributed by atoms with Crippen molar-refractivity contribution < 1.29 is 19.4 Å². The average molecular weight is 301 g/mol. The number of cyclic esters (lactones) is 1. The van der Waals surface area contributed by atoms with E-state index in [4.69, 9.17) is 4.74 Å². The summed E-state index contributed by atoms with van der Waals surface area (Å²) in [6.07, 6.45) is 1.95. The minimum atomic E-state index is -0.786. The first kappa shape index (κ1) is 14.8. The van der Waals surface area contributed by atoms with Gasteiger partial charge in [0, 0.05) is 0 Å². The van der Waals surface area contributed by atoms with E-state index in [1.165, 1.54) is 0 Å². The lowest BCUT2D eigenvalue weighted by Gasteiger charge is -2.10. The van der Waals surface area contributed by atoms with Crippen LogP contribution in [0.5, 0.6) is 0 Å². The first-order chi connectivity index (χ1) is 10.7. The summed E-state index contributed by atoms with van der Waals surface area (Å²) < 4.78 is 5.15. The minimum Gasteiger partial charge on any atom is -0.510 e. The lowest BCUT2D eigenvalue weighted by Crippen LogP contribution is -2.27. The van der Waals surface area contributed by atoms with Gasteiger partial charge in [-0.15, -0.1) is 0 Å². The Morgan fingerprint density at radius 2 is 2.05 bits per heavy atom. The molecule has 0 aromatic heterocycles. The zero-order valence-corrected chi connectivity index (χ0v) is 12.2. The molecule has 2 heterocycles. The number of aliphatic hydroxyl groups is 1. The van der Waals surface area contributed by atoms with Gasteiger partial charge in [0.05, 0.1) is 6.04 Å². The number of ether oxygens (including phenoxy) is 1. The molecule has 2 aliphatic rings. The molecule has 0 saturated carbocycles. The molecule has 1 aromatic rings. The van der Waals surface area contributed by atoms with E-state index >= 15 is 0 Å². The molecule has 2 atom stereocenters. The van der Waals surface area contributed by atoms with Gasteiger partial charge in [0.25, 0.3) is 0 Å². The van der Waals surface area contributed by atoms with Gasteiger partial charge in [-0.25, -0.2) is 4.79 Å². The molecule has 0 spiro atoms. The Balaban J connectivity index is 1.70. The Morgan fingerprint density at radius 1 is 1.27 bits per heavy atom. The number of hydrogen-bond donors (Lipinski definition) is 2. The fourth-order valence-corrected chi connectivity index (χ4v) is 2.96. The highest BCUT2D eigenvalue weighted by Gasteiger charge is 2.42. The third kappa shape index (κ3) is 2.90. The number of nitrogens with one attached hydrogen (secondary N) is 1. The van der Waals surface area contributed by atoms with Crippen molar-refractivity contribution in [2.24, 2.45) is 0 Å². The van der Waals surface area contributed by atoms with E-state index in [0.29, 0.717) is 12.8 Å². The van der Waals surface area contributed by atoms with Crippen LogP contribution in [-0.4, -0.2) is 35.5 Å². The van der Waals surface area contributed by atoms with Crippen molar-refractivity contribution in [1.29, 1.82) is 0 Å². The molecule has 2 saturated heterocycles. The largest absolute Gasteiger partial charge is 0.510 e. The van der Waals surface area contributed by atoms with Crippen LogP contribution in [0.3, 0.4) is 0 Å². The first-order valence-electron chi connectivity index (χ1n) is 7.62. The van der Waals surface area contributed by atoms with Crippen molar-refractivity contribution in [3.8, 4) is 0 Å². The molecule has 2 N–H and O–H groups in total. The molecule has 5 heteroatoms. The molecule has 0 bridgehead atoms. The van der Waals surface area contributed by atoms with E-state index in [1.54, 1.807) is 0 Å². The zero-order valence-electron chi connectivity index (χ0n) is 12.2. The number of aryl methyl sites for hydroxylation is 1. The van der Waals surface area contributed by atoms with Crippen molar-refractivity contribution in [3.05, 3.63) is 47.2 Å². The Morgan fingerprint density at radius 3 is 2.73 bits per heavy atom.